The molecule has 1 unspecified atom stereocenters. The van der Waals surface area contributed by atoms with E-state index in [4.69, 9.17) is 18.0 Å². The summed E-state index contributed by atoms with van der Waals surface area (Å²) in [5, 5.41) is 1.91. The van der Waals surface area contributed by atoms with Crippen molar-refractivity contribution in [2.45, 2.75) is 17.9 Å². The van der Waals surface area contributed by atoms with Crippen LogP contribution in [0.1, 0.15) is 23.4 Å². The van der Waals surface area contributed by atoms with Gasteiger partial charge in [-0.1, -0.05) is 30.4 Å². The van der Waals surface area contributed by atoms with Crippen LogP contribution in [0.2, 0.25) is 0 Å². The number of thiophene rings is 1. The Bertz CT molecular complexity index is 709. The van der Waals surface area contributed by atoms with E-state index in [1.165, 1.54) is 23.5 Å². The van der Waals surface area contributed by atoms with Gasteiger partial charge in [-0.2, -0.15) is 0 Å². The van der Waals surface area contributed by atoms with Gasteiger partial charge in [0.15, 0.2) is 0 Å². The molecule has 0 saturated carbocycles. The molecule has 0 aliphatic carbocycles. The Morgan fingerprint density at radius 2 is 2.10 bits per heavy atom. The van der Waals surface area contributed by atoms with E-state index in [0.717, 1.165) is 4.88 Å². The molecule has 0 amide bonds. The molecule has 0 aliphatic heterocycles. The van der Waals surface area contributed by atoms with Crippen LogP contribution in [-0.4, -0.2) is 13.4 Å². The molecule has 3 N–H and O–H groups in total. The van der Waals surface area contributed by atoms with E-state index in [0.29, 0.717) is 5.56 Å². The highest BCUT2D eigenvalue weighted by Crippen LogP contribution is 2.21. The molecule has 106 valence electrons. The molecule has 2 rings (SSSR count). The average Bonchev–Trinajstić information content (AvgIpc) is 2.92. The van der Waals surface area contributed by atoms with Gasteiger partial charge in [0, 0.05) is 10.4 Å². The van der Waals surface area contributed by atoms with Crippen molar-refractivity contribution in [3.05, 3.63) is 52.2 Å². The maximum Gasteiger partial charge on any atom is 0.241 e. The summed E-state index contributed by atoms with van der Waals surface area (Å²) in [5.74, 6) is 0. The lowest BCUT2D eigenvalue weighted by Crippen LogP contribution is -2.26. The van der Waals surface area contributed by atoms with E-state index < -0.39 is 10.0 Å². The van der Waals surface area contributed by atoms with Crippen LogP contribution in [0, 0.1) is 0 Å². The molecule has 1 heterocycles. The largest absolute Gasteiger partial charge is 0.389 e. The van der Waals surface area contributed by atoms with Crippen molar-refractivity contribution < 1.29 is 8.42 Å². The Hall–Kier alpha value is -1.28. The van der Waals surface area contributed by atoms with E-state index in [9.17, 15) is 8.42 Å². The Labute approximate surface area is 127 Å². The van der Waals surface area contributed by atoms with Crippen LogP contribution in [0.15, 0.2) is 46.7 Å². The summed E-state index contributed by atoms with van der Waals surface area (Å²) in [4.78, 5) is 1.29. The van der Waals surface area contributed by atoms with Gasteiger partial charge in [-0.3, -0.25) is 0 Å². The summed E-state index contributed by atoms with van der Waals surface area (Å²) in [6.45, 7) is 1.81. The maximum absolute atomic E-state index is 12.3. The van der Waals surface area contributed by atoms with Crippen molar-refractivity contribution in [1.29, 1.82) is 0 Å². The number of thiocarbonyl (C=S) groups is 1. The molecule has 4 nitrogen and oxygen atoms in total. The summed E-state index contributed by atoms with van der Waals surface area (Å²) in [7, 11) is -3.60. The summed E-state index contributed by atoms with van der Waals surface area (Å²) in [5.41, 5.74) is 6.06. The van der Waals surface area contributed by atoms with Crippen LogP contribution in [0.25, 0.3) is 0 Å². The predicted molar refractivity (Wildman–Crippen MR) is 85.4 cm³/mol. The van der Waals surface area contributed by atoms with Crippen LogP contribution in [0.5, 0.6) is 0 Å². The van der Waals surface area contributed by atoms with Gasteiger partial charge in [0.05, 0.1) is 10.9 Å². The predicted octanol–water partition coefficient (Wildman–Crippen LogP) is 2.42. The second-order valence-electron chi connectivity index (χ2n) is 4.25. The Balaban J connectivity index is 2.26. The average molecular weight is 326 g/mol. The number of hydrogen-bond acceptors (Lipinski definition) is 4. The van der Waals surface area contributed by atoms with Gasteiger partial charge in [-0.05, 0) is 30.5 Å². The number of nitrogens with two attached hydrogens (primary N) is 1. The molecule has 2 aromatic rings. The molecule has 0 bridgehead atoms. The zero-order valence-corrected chi connectivity index (χ0v) is 13.2. The zero-order valence-electron chi connectivity index (χ0n) is 10.7. The monoisotopic (exact) mass is 326 g/mol. The van der Waals surface area contributed by atoms with E-state index in [2.05, 4.69) is 4.72 Å². The summed E-state index contributed by atoms with van der Waals surface area (Å²) >= 11 is 6.37. The fourth-order valence-electron chi connectivity index (χ4n) is 1.71. The zero-order chi connectivity index (χ0) is 14.8. The molecule has 7 heteroatoms. The highest BCUT2D eigenvalue weighted by atomic mass is 32.2. The first kappa shape index (κ1) is 15.1. The van der Waals surface area contributed by atoms with E-state index in [1.807, 2.05) is 17.5 Å². The molecule has 0 saturated heterocycles. The van der Waals surface area contributed by atoms with Crippen molar-refractivity contribution in [2.75, 3.05) is 0 Å². The molecule has 20 heavy (non-hydrogen) atoms. The van der Waals surface area contributed by atoms with Crippen molar-refractivity contribution in [2.24, 2.45) is 5.73 Å². The third kappa shape index (κ3) is 3.43. The molecule has 0 aliphatic rings. The Kier molecular flexibility index (Phi) is 4.54. The second kappa shape index (κ2) is 6.01. The van der Waals surface area contributed by atoms with Crippen molar-refractivity contribution in [3.8, 4) is 0 Å². The fraction of sp³-hybridized carbons (Fsp3) is 0.154. The number of hydrogen-bond donors (Lipinski definition) is 2. The fourth-order valence-corrected chi connectivity index (χ4v) is 3.92. The number of rotatable bonds is 5. The minimum atomic E-state index is -3.60. The van der Waals surface area contributed by atoms with Gasteiger partial charge in [0.1, 0.15) is 4.99 Å². The second-order valence-corrected chi connectivity index (χ2v) is 7.38. The van der Waals surface area contributed by atoms with E-state index in [-0.39, 0.29) is 15.9 Å². The van der Waals surface area contributed by atoms with Crippen molar-refractivity contribution in [3.63, 3.8) is 0 Å². The van der Waals surface area contributed by atoms with Gasteiger partial charge in [-0.15, -0.1) is 11.3 Å². The third-order valence-electron chi connectivity index (χ3n) is 2.73. The van der Waals surface area contributed by atoms with Gasteiger partial charge in [-0.25, -0.2) is 13.1 Å². The van der Waals surface area contributed by atoms with Crippen LogP contribution < -0.4 is 10.5 Å². The normalized spacial score (nSPS) is 13.1. The molecule has 1 atom stereocenters. The maximum atomic E-state index is 12.3. The lowest BCUT2D eigenvalue weighted by molar-refractivity contribution is 0.568. The molecule has 1 aromatic heterocycles. The number of nitrogens with one attached hydrogen (secondary N) is 1. The quantitative estimate of drug-likeness (QED) is 0.828. The van der Waals surface area contributed by atoms with E-state index in [1.54, 1.807) is 19.1 Å². The highest BCUT2D eigenvalue weighted by molar-refractivity contribution is 7.89. The summed E-state index contributed by atoms with van der Waals surface area (Å²) in [6.07, 6.45) is 0. The highest BCUT2D eigenvalue weighted by Gasteiger charge is 2.19. The van der Waals surface area contributed by atoms with E-state index >= 15 is 0 Å². The van der Waals surface area contributed by atoms with Crippen LogP contribution >= 0.6 is 23.6 Å². The van der Waals surface area contributed by atoms with Gasteiger partial charge < -0.3 is 5.73 Å². The molecule has 0 fully saturated rings. The van der Waals surface area contributed by atoms with Crippen molar-refractivity contribution >= 4 is 38.6 Å². The lowest BCUT2D eigenvalue weighted by atomic mass is 10.2. The first-order chi connectivity index (χ1) is 9.40. The molecule has 0 radical (unpaired) electrons. The molecule has 0 spiro atoms. The Morgan fingerprint density at radius 1 is 1.35 bits per heavy atom. The molecular weight excluding hydrogens is 312 g/mol. The van der Waals surface area contributed by atoms with Gasteiger partial charge in [0.25, 0.3) is 0 Å². The topological polar surface area (TPSA) is 72.2 Å². The summed E-state index contributed by atoms with van der Waals surface area (Å²) in [6, 6.07) is 9.80. The van der Waals surface area contributed by atoms with Crippen LogP contribution in [-0.2, 0) is 10.0 Å². The first-order valence-corrected chi connectivity index (χ1v) is 8.63. The van der Waals surface area contributed by atoms with Crippen molar-refractivity contribution in [1.82, 2.24) is 4.72 Å². The number of sulfonamides is 1. The molecule has 1 aromatic carbocycles. The molecular formula is C13H14N2O2S3. The summed E-state index contributed by atoms with van der Waals surface area (Å²) < 4.78 is 27.3. The van der Waals surface area contributed by atoms with Crippen LogP contribution in [0.4, 0.5) is 0 Å². The SMILES string of the molecule is CC(NS(=O)(=O)c1cccc(C(N)=S)c1)c1cccs1. The lowest BCUT2D eigenvalue weighted by Gasteiger charge is -2.13. The van der Waals surface area contributed by atoms with Crippen LogP contribution in [0.3, 0.4) is 0 Å². The Morgan fingerprint density at radius 3 is 2.70 bits per heavy atom. The van der Waals surface area contributed by atoms with Gasteiger partial charge in [0.2, 0.25) is 10.0 Å². The third-order valence-corrected chi connectivity index (χ3v) is 5.56. The number of benzene rings is 1. The van der Waals surface area contributed by atoms with Gasteiger partial charge >= 0.3 is 0 Å². The minimum absolute atomic E-state index is 0.159. The standard InChI is InChI=1S/C13H14N2O2S3/c1-9(12-6-3-7-19-12)15-20(16,17)11-5-2-4-10(8-11)13(14)18/h2-9,15H,1H3,(H2,14,18). The minimum Gasteiger partial charge on any atom is -0.389 e. The first-order valence-electron chi connectivity index (χ1n) is 5.86. The smallest absolute Gasteiger partial charge is 0.241 e.